The SMILES string of the molecule is NC(=O)NC(=O)CSc1nn(-c2ccc(F)cc2)c(=S)s1. The molecule has 21 heavy (non-hydrogen) atoms. The highest BCUT2D eigenvalue weighted by Gasteiger charge is 2.10. The van der Waals surface area contributed by atoms with Gasteiger partial charge < -0.3 is 5.73 Å². The Hall–Kier alpha value is -1.78. The molecule has 0 unspecified atom stereocenters. The molecule has 0 aliphatic carbocycles. The number of hydrogen-bond donors (Lipinski definition) is 2. The van der Waals surface area contributed by atoms with Gasteiger partial charge in [-0.2, -0.15) is 0 Å². The second kappa shape index (κ2) is 6.78. The number of urea groups is 1. The zero-order valence-electron chi connectivity index (χ0n) is 10.4. The number of carbonyl (C=O) groups is 2. The summed E-state index contributed by atoms with van der Waals surface area (Å²) < 4.78 is 15.4. The van der Waals surface area contributed by atoms with Gasteiger partial charge in [0, 0.05) is 0 Å². The molecule has 1 aromatic carbocycles. The van der Waals surface area contributed by atoms with E-state index in [1.807, 2.05) is 5.32 Å². The minimum atomic E-state index is -0.898. The van der Waals surface area contributed by atoms with Crippen LogP contribution in [0.1, 0.15) is 0 Å². The molecule has 0 atom stereocenters. The van der Waals surface area contributed by atoms with Gasteiger partial charge in [0.1, 0.15) is 5.82 Å². The average Bonchev–Trinajstić information content (AvgIpc) is 2.78. The summed E-state index contributed by atoms with van der Waals surface area (Å²) >= 11 is 7.52. The van der Waals surface area contributed by atoms with E-state index in [9.17, 15) is 14.0 Å². The normalized spacial score (nSPS) is 10.3. The molecule has 0 radical (unpaired) electrons. The van der Waals surface area contributed by atoms with Crippen molar-refractivity contribution in [2.24, 2.45) is 5.73 Å². The smallest absolute Gasteiger partial charge is 0.318 e. The van der Waals surface area contributed by atoms with Gasteiger partial charge in [-0.3, -0.25) is 10.1 Å². The van der Waals surface area contributed by atoms with E-state index in [0.717, 1.165) is 11.8 Å². The lowest BCUT2D eigenvalue weighted by molar-refractivity contribution is -0.117. The summed E-state index contributed by atoms with van der Waals surface area (Å²) in [7, 11) is 0. The number of halogens is 1. The third-order valence-corrected chi connectivity index (χ3v) is 4.56. The largest absolute Gasteiger partial charge is 0.351 e. The lowest BCUT2D eigenvalue weighted by atomic mass is 10.3. The first-order valence-electron chi connectivity index (χ1n) is 5.54. The van der Waals surface area contributed by atoms with Crippen molar-refractivity contribution in [2.45, 2.75) is 4.34 Å². The summed E-state index contributed by atoms with van der Waals surface area (Å²) in [6.45, 7) is 0. The van der Waals surface area contributed by atoms with Gasteiger partial charge in [0.2, 0.25) is 5.91 Å². The lowest BCUT2D eigenvalue weighted by Crippen LogP contribution is -2.36. The molecule has 1 aromatic heterocycles. The van der Waals surface area contributed by atoms with Crippen molar-refractivity contribution in [1.82, 2.24) is 15.1 Å². The number of benzene rings is 1. The molecule has 0 spiro atoms. The van der Waals surface area contributed by atoms with Crippen LogP contribution in [0.25, 0.3) is 5.69 Å². The Morgan fingerprint density at radius 3 is 2.71 bits per heavy atom. The molecule has 10 heteroatoms. The fourth-order valence-electron chi connectivity index (χ4n) is 1.37. The van der Waals surface area contributed by atoms with E-state index in [0.29, 0.717) is 14.0 Å². The maximum absolute atomic E-state index is 12.9. The summed E-state index contributed by atoms with van der Waals surface area (Å²) in [4.78, 5) is 21.8. The monoisotopic (exact) mass is 344 g/mol. The van der Waals surface area contributed by atoms with Gasteiger partial charge >= 0.3 is 6.03 Å². The number of imide groups is 1. The third kappa shape index (κ3) is 4.34. The zero-order valence-corrected chi connectivity index (χ0v) is 12.9. The molecule has 0 aliphatic heterocycles. The van der Waals surface area contributed by atoms with Crippen LogP contribution in [0.3, 0.4) is 0 Å². The Morgan fingerprint density at radius 2 is 2.10 bits per heavy atom. The van der Waals surface area contributed by atoms with E-state index in [1.165, 1.54) is 28.2 Å². The molecule has 1 heterocycles. The van der Waals surface area contributed by atoms with E-state index in [-0.39, 0.29) is 11.6 Å². The fourth-order valence-corrected chi connectivity index (χ4v) is 3.53. The molecule has 0 saturated heterocycles. The van der Waals surface area contributed by atoms with Crippen LogP contribution >= 0.6 is 35.3 Å². The van der Waals surface area contributed by atoms with E-state index in [1.54, 1.807) is 12.1 Å². The Labute approximate surface area is 132 Å². The number of primary amides is 1. The van der Waals surface area contributed by atoms with Crippen LogP contribution in [0.2, 0.25) is 0 Å². The van der Waals surface area contributed by atoms with Crippen molar-refractivity contribution in [3.05, 3.63) is 34.0 Å². The highest BCUT2D eigenvalue weighted by molar-refractivity contribution is 8.01. The van der Waals surface area contributed by atoms with E-state index >= 15 is 0 Å². The second-order valence-electron chi connectivity index (χ2n) is 3.72. The van der Waals surface area contributed by atoms with Crippen molar-refractivity contribution >= 4 is 47.3 Å². The van der Waals surface area contributed by atoms with Crippen molar-refractivity contribution in [1.29, 1.82) is 0 Å². The number of hydrogen-bond acceptors (Lipinski definition) is 6. The molecule has 3 amide bonds. The van der Waals surface area contributed by atoms with E-state index < -0.39 is 11.9 Å². The van der Waals surface area contributed by atoms with Crippen molar-refractivity contribution in [3.63, 3.8) is 0 Å². The molecule has 2 rings (SSSR count). The van der Waals surface area contributed by atoms with Gasteiger partial charge in [-0.1, -0.05) is 23.1 Å². The van der Waals surface area contributed by atoms with E-state index in [2.05, 4.69) is 5.10 Å². The molecule has 0 saturated carbocycles. The van der Waals surface area contributed by atoms with Crippen LogP contribution in [0.5, 0.6) is 0 Å². The number of nitrogens with one attached hydrogen (secondary N) is 1. The van der Waals surface area contributed by atoms with Gasteiger partial charge in [-0.15, -0.1) is 5.10 Å². The average molecular weight is 344 g/mol. The molecule has 0 bridgehead atoms. The number of thioether (sulfide) groups is 1. The van der Waals surface area contributed by atoms with Crippen LogP contribution in [0.4, 0.5) is 9.18 Å². The Balaban J connectivity index is 2.09. The van der Waals surface area contributed by atoms with Gasteiger partial charge in [0.25, 0.3) is 0 Å². The van der Waals surface area contributed by atoms with Crippen molar-refractivity contribution < 1.29 is 14.0 Å². The lowest BCUT2D eigenvalue weighted by Gasteiger charge is -2.00. The first-order chi connectivity index (χ1) is 9.95. The minimum absolute atomic E-state index is 0.00531. The summed E-state index contributed by atoms with van der Waals surface area (Å²) in [5, 5.41) is 6.19. The number of carbonyl (C=O) groups excluding carboxylic acids is 2. The number of rotatable bonds is 4. The maximum atomic E-state index is 12.9. The van der Waals surface area contributed by atoms with Gasteiger partial charge in [0.05, 0.1) is 11.4 Å². The Bertz CT molecular complexity index is 726. The molecule has 3 N–H and O–H groups in total. The van der Waals surface area contributed by atoms with Gasteiger partial charge in [-0.25, -0.2) is 13.9 Å². The molecule has 6 nitrogen and oxygen atoms in total. The van der Waals surface area contributed by atoms with E-state index in [4.69, 9.17) is 18.0 Å². The van der Waals surface area contributed by atoms with Crippen molar-refractivity contribution in [2.75, 3.05) is 5.75 Å². The molecular weight excluding hydrogens is 335 g/mol. The topological polar surface area (TPSA) is 90.0 Å². The third-order valence-electron chi connectivity index (χ3n) is 2.19. The summed E-state index contributed by atoms with van der Waals surface area (Å²) in [5.74, 6) is -0.866. The molecule has 110 valence electrons. The standard InChI is InChI=1S/C11H9FN4O2S3/c12-6-1-3-7(4-2-6)16-11(19)21-10(15-16)20-5-8(17)14-9(13)18/h1-4H,5H2,(H3,13,14,17,18). The number of aromatic nitrogens is 2. The van der Waals surface area contributed by atoms with Crippen molar-refractivity contribution in [3.8, 4) is 5.69 Å². The minimum Gasteiger partial charge on any atom is -0.351 e. The number of amides is 3. The summed E-state index contributed by atoms with van der Waals surface area (Å²) in [6.07, 6.45) is 0. The Kier molecular flexibility index (Phi) is 5.04. The van der Waals surface area contributed by atoms with Crippen LogP contribution < -0.4 is 11.1 Å². The van der Waals surface area contributed by atoms with Gasteiger partial charge in [-0.05, 0) is 36.5 Å². The quantitative estimate of drug-likeness (QED) is 0.655. The Morgan fingerprint density at radius 1 is 1.43 bits per heavy atom. The predicted molar refractivity (Wildman–Crippen MR) is 80.7 cm³/mol. The molecule has 0 aliphatic rings. The van der Waals surface area contributed by atoms with Crippen LogP contribution in [-0.2, 0) is 4.79 Å². The first-order valence-corrected chi connectivity index (χ1v) is 7.75. The van der Waals surface area contributed by atoms with Crippen LogP contribution in [0.15, 0.2) is 28.6 Å². The highest BCUT2D eigenvalue weighted by atomic mass is 32.2. The summed E-state index contributed by atoms with van der Waals surface area (Å²) in [5.41, 5.74) is 5.46. The number of nitrogens with zero attached hydrogens (tertiary/aromatic N) is 2. The second-order valence-corrected chi connectivity index (χ2v) is 6.57. The van der Waals surface area contributed by atoms with Gasteiger partial charge in [0.15, 0.2) is 8.29 Å². The first kappa shape index (κ1) is 15.6. The number of nitrogens with two attached hydrogens (primary N) is 1. The molecular formula is C11H9FN4O2S3. The fraction of sp³-hybridized carbons (Fsp3) is 0.0909. The predicted octanol–water partition coefficient (Wildman–Crippen LogP) is 2.09. The zero-order chi connectivity index (χ0) is 15.4. The van der Waals surface area contributed by atoms with Crippen LogP contribution in [0, 0.1) is 9.77 Å². The highest BCUT2D eigenvalue weighted by Crippen LogP contribution is 2.23. The molecule has 0 fully saturated rings. The maximum Gasteiger partial charge on any atom is 0.318 e. The summed E-state index contributed by atoms with van der Waals surface area (Å²) in [6, 6.07) is 4.83. The van der Waals surface area contributed by atoms with Crippen LogP contribution in [-0.4, -0.2) is 27.5 Å². The molecule has 2 aromatic rings.